The molecule has 2 aliphatic carbocycles. The van der Waals surface area contributed by atoms with Gasteiger partial charge < -0.3 is 14.6 Å². The van der Waals surface area contributed by atoms with E-state index in [-0.39, 0.29) is 10.8 Å². The van der Waals surface area contributed by atoms with Crippen LogP contribution >= 0.6 is 0 Å². The van der Waals surface area contributed by atoms with E-state index in [9.17, 15) is 14.7 Å². The third kappa shape index (κ3) is 4.09. The number of carbonyl (C=O) groups excluding carboxylic acids is 2. The minimum Gasteiger partial charge on any atom is -0.433 e. The molecule has 1 saturated heterocycles. The fraction of sp³-hybridized carbons (Fsp3) is 0.750. The predicted molar refractivity (Wildman–Crippen MR) is 112 cm³/mol. The Labute approximate surface area is 179 Å². The molecule has 1 heterocycles. The Bertz CT molecular complexity index is 742. The van der Waals surface area contributed by atoms with Crippen molar-refractivity contribution in [3.63, 3.8) is 0 Å². The first-order chi connectivity index (χ1) is 14.0. The van der Waals surface area contributed by atoms with Crippen LogP contribution in [0.5, 0.6) is 0 Å². The number of carbonyl (C=O) groups is 2. The Hall–Kier alpha value is -1.66. The first-order valence-electron chi connectivity index (χ1n) is 11.0. The number of fused-ring (bicyclic) bond motifs is 1. The molecule has 7 atom stereocenters. The molecule has 0 amide bonds. The van der Waals surface area contributed by atoms with Gasteiger partial charge in [-0.2, -0.15) is 0 Å². The summed E-state index contributed by atoms with van der Waals surface area (Å²) in [5.41, 5.74) is 1.97. The number of hydrogen-bond acceptors (Lipinski definition) is 6. The Morgan fingerprint density at radius 2 is 1.90 bits per heavy atom. The van der Waals surface area contributed by atoms with E-state index < -0.39 is 30.6 Å². The molecule has 3 aliphatic rings. The number of aliphatic hydroxyl groups is 1. The van der Waals surface area contributed by atoms with Gasteiger partial charge in [-0.05, 0) is 61.2 Å². The van der Waals surface area contributed by atoms with Gasteiger partial charge in [0.1, 0.15) is 6.10 Å². The zero-order valence-corrected chi connectivity index (χ0v) is 18.9. The fourth-order valence-electron chi connectivity index (χ4n) is 5.94. The number of rotatable bonds is 4. The van der Waals surface area contributed by atoms with Gasteiger partial charge in [-0.3, -0.25) is 14.3 Å². The minimum absolute atomic E-state index is 0.0172. The summed E-state index contributed by atoms with van der Waals surface area (Å²) in [7, 11) is 0. The number of allylic oxidation sites excluding steroid dienone is 2. The molecule has 1 N–H and O–H groups in total. The molecule has 6 nitrogen and oxygen atoms in total. The van der Waals surface area contributed by atoms with Crippen molar-refractivity contribution in [3.05, 3.63) is 23.8 Å². The second-order valence-electron chi connectivity index (χ2n) is 9.82. The zero-order chi connectivity index (χ0) is 22.3. The van der Waals surface area contributed by atoms with Gasteiger partial charge in [0, 0.05) is 19.4 Å². The van der Waals surface area contributed by atoms with E-state index in [2.05, 4.69) is 27.4 Å². The molecular formula is C24H36O6. The highest BCUT2D eigenvalue weighted by atomic mass is 16.8. The van der Waals surface area contributed by atoms with Gasteiger partial charge in [0.25, 0.3) is 0 Å². The Kier molecular flexibility index (Phi) is 6.49. The normalized spacial score (nSPS) is 42.7. The van der Waals surface area contributed by atoms with E-state index in [4.69, 9.17) is 14.2 Å². The van der Waals surface area contributed by atoms with E-state index in [0.717, 1.165) is 25.7 Å². The smallest absolute Gasteiger partial charge is 0.305 e. The highest BCUT2D eigenvalue weighted by Gasteiger charge is 2.54. The third-order valence-corrected chi connectivity index (χ3v) is 8.03. The lowest BCUT2D eigenvalue weighted by Gasteiger charge is -2.58. The second-order valence-corrected chi connectivity index (χ2v) is 9.82. The SMILES string of the molecule is C=C1CCC[C@@H]2[C@@](C)(C/C=C3\[C@H](OC(C)=O)O[C@@H](OC(C)=O)[C@@H]3O)[C@H](C)CC[C@@]12C. The molecule has 0 aromatic carbocycles. The van der Waals surface area contributed by atoms with Gasteiger partial charge >= 0.3 is 11.9 Å². The molecule has 0 spiro atoms. The first-order valence-corrected chi connectivity index (χ1v) is 11.0. The quantitative estimate of drug-likeness (QED) is 0.540. The lowest BCUT2D eigenvalue weighted by atomic mass is 9.46. The summed E-state index contributed by atoms with van der Waals surface area (Å²) in [6.07, 6.45) is 5.03. The molecular weight excluding hydrogens is 384 g/mol. The van der Waals surface area contributed by atoms with E-state index in [1.807, 2.05) is 6.08 Å². The van der Waals surface area contributed by atoms with Crippen molar-refractivity contribution >= 4 is 11.9 Å². The van der Waals surface area contributed by atoms with Crippen molar-refractivity contribution < 1.29 is 28.9 Å². The number of esters is 2. The van der Waals surface area contributed by atoms with Crippen LogP contribution in [-0.2, 0) is 23.8 Å². The van der Waals surface area contributed by atoms with Crippen LogP contribution in [0.2, 0.25) is 0 Å². The van der Waals surface area contributed by atoms with Crippen LogP contribution in [-0.4, -0.2) is 35.7 Å². The standard InChI is InChI=1S/C24H36O6/c1-14-8-7-9-19-23(14,5)12-10-15(2)24(19,6)13-11-18-20(27)22(29-17(4)26)30-21(18)28-16(3)25/h11,15,19-22,27H,1,7-10,12-13H2,2-6H3/b18-11-/t15-,19+,20-,21-,22-,23+,24+/m1/s1. The predicted octanol–water partition coefficient (Wildman–Crippen LogP) is 4.27. The van der Waals surface area contributed by atoms with Gasteiger partial charge in [0.05, 0.1) is 0 Å². The van der Waals surface area contributed by atoms with Crippen molar-refractivity contribution in [1.29, 1.82) is 0 Å². The van der Waals surface area contributed by atoms with Crippen LogP contribution in [0.15, 0.2) is 23.8 Å². The molecule has 0 radical (unpaired) electrons. The molecule has 6 heteroatoms. The Morgan fingerprint density at radius 3 is 2.53 bits per heavy atom. The van der Waals surface area contributed by atoms with E-state index in [1.165, 1.54) is 32.3 Å². The van der Waals surface area contributed by atoms with Crippen molar-refractivity contribution in [2.45, 2.75) is 91.8 Å². The monoisotopic (exact) mass is 420 g/mol. The molecule has 0 unspecified atom stereocenters. The summed E-state index contributed by atoms with van der Waals surface area (Å²) < 4.78 is 15.9. The van der Waals surface area contributed by atoms with Crippen LogP contribution < -0.4 is 0 Å². The number of hydrogen-bond donors (Lipinski definition) is 1. The summed E-state index contributed by atoms with van der Waals surface area (Å²) in [4.78, 5) is 22.9. The molecule has 2 saturated carbocycles. The van der Waals surface area contributed by atoms with Crippen molar-refractivity contribution in [3.8, 4) is 0 Å². The van der Waals surface area contributed by atoms with Crippen molar-refractivity contribution in [1.82, 2.24) is 0 Å². The largest absolute Gasteiger partial charge is 0.433 e. The number of ether oxygens (including phenoxy) is 3. The first kappa shape index (κ1) is 23.0. The maximum Gasteiger partial charge on any atom is 0.305 e. The molecule has 168 valence electrons. The average Bonchev–Trinajstić information content (AvgIpc) is 2.92. The lowest BCUT2D eigenvalue weighted by molar-refractivity contribution is -0.214. The molecule has 1 aliphatic heterocycles. The molecule has 0 aromatic rings. The zero-order valence-electron chi connectivity index (χ0n) is 18.9. The second kappa shape index (κ2) is 8.46. The third-order valence-electron chi connectivity index (χ3n) is 8.03. The topological polar surface area (TPSA) is 82.1 Å². The van der Waals surface area contributed by atoms with Gasteiger partial charge in [0.2, 0.25) is 12.6 Å². The molecule has 30 heavy (non-hydrogen) atoms. The summed E-state index contributed by atoms with van der Waals surface area (Å²) in [5.74, 6) is -0.0711. The maximum absolute atomic E-state index is 11.5. The minimum atomic E-state index is -1.17. The Balaban J connectivity index is 1.88. The van der Waals surface area contributed by atoms with E-state index >= 15 is 0 Å². The van der Waals surface area contributed by atoms with Gasteiger partial charge in [0.15, 0.2) is 0 Å². The van der Waals surface area contributed by atoms with Crippen LogP contribution in [0.25, 0.3) is 0 Å². The molecule has 3 rings (SSSR count). The van der Waals surface area contributed by atoms with Gasteiger partial charge in [-0.15, -0.1) is 0 Å². The van der Waals surface area contributed by atoms with Crippen LogP contribution in [0.1, 0.15) is 73.1 Å². The Morgan fingerprint density at radius 1 is 1.23 bits per heavy atom. The molecule has 3 fully saturated rings. The highest BCUT2D eigenvalue weighted by molar-refractivity contribution is 5.67. The summed E-state index contributed by atoms with van der Waals surface area (Å²) >= 11 is 0. The van der Waals surface area contributed by atoms with Crippen molar-refractivity contribution in [2.24, 2.45) is 22.7 Å². The summed E-state index contributed by atoms with van der Waals surface area (Å²) in [6.45, 7) is 14.0. The highest BCUT2D eigenvalue weighted by Crippen LogP contribution is 2.62. The van der Waals surface area contributed by atoms with Crippen molar-refractivity contribution in [2.75, 3.05) is 0 Å². The molecule has 0 bridgehead atoms. The summed E-state index contributed by atoms with van der Waals surface area (Å²) in [6, 6.07) is 0. The molecule has 0 aromatic heterocycles. The van der Waals surface area contributed by atoms with E-state index in [1.54, 1.807) is 0 Å². The van der Waals surface area contributed by atoms with Crippen LogP contribution in [0, 0.1) is 22.7 Å². The van der Waals surface area contributed by atoms with Crippen LogP contribution in [0.3, 0.4) is 0 Å². The average molecular weight is 421 g/mol. The lowest BCUT2D eigenvalue weighted by Crippen LogP contribution is -2.50. The fourth-order valence-corrected chi connectivity index (χ4v) is 5.94. The van der Waals surface area contributed by atoms with E-state index in [0.29, 0.717) is 17.4 Å². The van der Waals surface area contributed by atoms with Gasteiger partial charge in [-0.25, -0.2) is 0 Å². The van der Waals surface area contributed by atoms with Crippen LogP contribution in [0.4, 0.5) is 0 Å². The maximum atomic E-state index is 11.5. The van der Waals surface area contributed by atoms with Gasteiger partial charge in [-0.1, -0.05) is 39.0 Å². The summed E-state index contributed by atoms with van der Waals surface area (Å²) in [5, 5.41) is 10.7. The number of aliphatic hydroxyl groups excluding tert-OH is 1.